The van der Waals surface area contributed by atoms with Crippen LogP contribution >= 0.6 is 11.3 Å². The summed E-state index contributed by atoms with van der Waals surface area (Å²) < 4.78 is 0. The molecule has 1 aromatic heterocycles. The first-order valence-corrected chi connectivity index (χ1v) is 7.47. The van der Waals surface area contributed by atoms with Gasteiger partial charge < -0.3 is 0 Å². The van der Waals surface area contributed by atoms with E-state index in [1.165, 1.54) is 30.4 Å². The lowest BCUT2D eigenvalue weighted by molar-refractivity contribution is -0.127. The number of carbonyl (C=O) groups is 1. The summed E-state index contributed by atoms with van der Waals surface area (Å²) in [4.78, 5) is 14.3. The number of carbonyl (C=O) groups excluding carboxylic acids is 1. The molecule has 3 heterocycles. The minimum absolute atomic E-state index is 0.484. The van der Waals surface area contributed by atoms with E-state index >= 15 is 0 Å². The van der Waals surface area contributed by atoms with E-state index in [2.05, 4.69) is 22.6 Å². The highest BCUT2D eigenvalue weighted by Crippen LogP contribution is 2.34. The predicted octanol–water partition coefficient (Wildman–Crippen LogP) is 3.14. The van der Waals surface area contributed by atoms with Gasteiger partial charge in [-0.05, 0) is 41.7 Å². The highest BCUT2D eigenvalue weighted by molar-refractivity contribution is 7.08. The molecule has 92 valence electrons. The summed E-state index contributed by atoms with van der Waals surface area (Å²) in [6.45, 7) is 3.24. The van der Waals surface area contributed by atoms with Gasteiger partial charge in [0.25, 0.3) is 0 Å². The molecule has 2 unspecified atom stereocenters. The maximum atomic E-state index is 11.7. The SMILES string of the molecule is Cc1cscc1CN1C2CCCC1CC(=O)C2. The van der Waals surface area contributed by atoms with Crippen molar-refractivity contribution in [3.63, 3.8) is 0 Å². The van der Waals surface area contributed by atoms with Crippen LogP contribution < -0.4 is 0 Å². The van der Waals surface area contributed by atoms with Crippen LogP contribution in [0.1, 0.15) is 43.2 Å². The van der Waals surface area contributed by atoms with Crippen molar-refractivity contribution in [3.05, 3.63) is 21.9 Å². The zero-order valence-corrected chi connectivity index (χ0v) is 11.1. The maximum absolute atomic E-state index is 11.7. The standard InChI is InChI=1S/C14H19NOS/c1-10-8-17-9-11(10)7-15-12-3-2-4-13(15)6-14(16)5-12/h8-9,12-13H,2-7H2,1H3. The summed E-state index contributed by atoms with van der Waals surface area (Å²) in [6, 6.07) is 1.04. The van der Waals surface area contributed by atoms with Gasteiger partial charge in [0.05, 0.1) is 0 Å². The summed E-state index contributed by atoms with van der Waals surface area (Å²) in [5, 5.41) is 4.49. The monoisotopic (exact) mass is 249 g/mol. The molecule has 0 amide bonds. The molecule has 2 atom stereocenters. The van der Waals surface area contributed by atoms with E-state index in [9.17, 15) is 4.79 Å². The average Bonchev–Trinajstić information content (AvgIpc) is 2.66. The second-order valence-corrected chi connectivity index (χ2v) is 6.18. The summed E-state index contributed by atoms with van der Waals surface area (Å²) >= 11 is 1.79. The Morgan fingerprint density at radius 2 is 2.00 bits per heavy atom. The molecule has 3 heteroatoms. The number of hydrogen-bond donors (Lipinski definition) is 0. The fourth-order valence-electron chi connectivity index (χ4n) is 3.27. The Labute approximate surface area is 107 Å². The van der Waals surface area contributed by atoms with E-state index in [1.807, 2.05) is 0 Å². The third-order valence-electron chi connectivity index (χ3n) is 4.25. The number of nitrogens with zero attached hydrogens (tertiary/aromatic N) is 1. The number of hydrogen-bond acceptors (Lipinski definition) is 3. The number of aryl methyl sites for hydroxylation is 1. The molecule has 1 aromatic rings. The Morgan fingerprint density at radius 1 is 1.29 bits per heavy atom. The molecule has 2 aliphatic heterocycles. The van der Waals surface area contributed by atoms with Crippen molar-refractivity contribution in [2.45, 2.75) is 57.7 Å². The second kappa shape index (κ2) is 4.54. The van der Waals surface area contributed by atoms with Gasteiger partial charge in [-0.15, -0.1) is 0 Å². The van der Waals surface area contributed by atoms with Gasteiger partial charge in [0.1, 0.15) is 5.78 Å². The van der Waals surface area contributed by atoms with Gasteiger partial charge in [0.15, 0.2) is 0 Å². The molecule has 2 saturated heterocycles. The molecule has 0 aromatic carbocycles. The largest absolute Gasteiger partial charge is 0.300 e. The van der Waals surface area contributed by atoms with Crippen LogP contribution in [0.15, 0.2) is 10.8 Å². The van der Waals surface area contributed by atoms with Gasteiger partial charge in [0, 0.05) is 31.5 Å². The van der Waals surface area contributed by atoms with Crippen LogP contribution in [0.5, 0.6) is 0 Å². The summed E-state index contributed by atoms with van der Waals surface area (Å²) in [5.74, 6) is 0.484. The minimum atomic E-state index is 0.484. The fourth-order valence-corrected chi connectivity index (χ4v) is 4.12. The molecule has 3 rings (SSSR count). The van der Waals surface area contributed by atoms with Crippen LogP contribution in [0.4, 0.5) is 0 Å². The lowest BCUT2D eigenvalue weighted by atomic mass is 9.83. The van der Waals surface area contributed by atoms with Crippen LogP contribution in [0.25, 0.3) is 0 Å². The number of ketones is 1. The molecule has 17 heavy (non-hydrogen) atoms. The molecule has 0 spiro atoms. The molecule has 2 fully saturated rings. The van der Waals surface area contributed by atoms with Crippen molar-refractivity contribution in [1.29, 1.82) is 0 Å². The van der Waals surface area contributed by atoms with Crippen LogP contribution in [0.2, 0.25) is 0 Å². The van der Waals surface area contributed by atoms with Crippen molar-refractivity contribution in [2.24, 2.45) is 0 Å². The second-order valence-electron chi connectivity index (χ2n) is 5.44. The number of fused-ring (bicyclic) bond motifs is 2. The van der Waals surface area contributed by atoms with Crippen molar-refractivity contribution in [2.75, 3.05) is 0 Å². The van der Waals surface area contributed by atoms with Crippen molar-refractivity contribution < 1.29 is 4.79 Å². The third kappa shape index (κ3) is 2.18. The molecule has 0 aliphatic carbocycles. The number of piperidine rings is 2. The Morgan fingerprint density at radius 3 is 2.59 bits per heavy atom. The minimum Gasteiger partial charge on any atom is -0.300 e. The zero-order valence-electron chi connectivity index (χ0n) is 10.3. The van der Waals surface area contributed by atoms with Gasteiger partial charge in [-0.2, -0.15) is 11.3 Å². The van der Waals surface area contributed by atoms with Gasteiger partial charge in [-0.3, -0.25) is 9.69 Å². The van der Waals surface area contributed by atoms with Gasteiger partial charge in [0.2, 0.25) is 0 Å². The Bertz CT molecular complexity index is 410. The number of thiophene rings is 1. The Kier molecular flexibility index (Phi) is 3.05. The molecule has 0 N–H and O–H groups in total. The van der Waals surface area contributed by atoms with Crippen molar-refractivity contribution >= 4 is 17.1 Å². The van der Waals surface area contributed by atoms with E-state index in [4.69, 9.17) is 0 Å². The van der Waals surface area contributed by atoms with Crippen LogP contribution in [0, 0.1) is 6.92 Å². The molecule has 2 aliphatic rings. The lowest BCUT2D eigenvalue weighted by Gasteiger charge is -2.45. The van der Waals surface area contributed by atoms with Crippen LogP contribution in [0.3, 0.4) is 0 Å². The van der Waals surface area contributed by atoms with E-state index in [0.29, 0.717) is 17.9 Å². The van der Waals surface area contributed by atoms with Crippen LogP contribution in [-0.2, 0) is 11.3 Å². The quantitative estimate of drug-likeness (QED) is 0.802. The van der Waals surface area contributed by atoms with E-state index in [0.717, 1.165) is 19.4 Å². The van der Waals surface area contributed by atoms with Gasteiger partial charge in [-0.1, -0.05) is 6.42 Å². The Hall–Kier alpha value is -0.670. The molecular formula is C14H19NOS. The van der Waals surface area contributed by atoms with E-state index in [-0.39, 0.29) is 0 Å². The van der Waals surface area contributed by atoms with E-state index in [1.54, 1.807) is 11.3 Å². The zero-order chi connectivity index (χ0) is 11.8. The topological polar surface area (TPSA) is 20.3 Å². The van der Waals surface area contributed by atoms with Gasteiger partial charge >= 0.3 is 0 Å². The fraction of sp³-hybridized carbons (Fsp3) is 0.643. The van der Waals surface area contributed by atoms with Crippen molar-refractivity contribution in [1.82, 2.24) is 4.90 Å². The third-order valence-corrected chi connectivity index (χ3v) is 5.16. The summed E-state index contributed by atoms with van der Waals surface area (Å²) in [6.07, 6.45) is 5.32. The predicted molar refractivity (Wildman–Crippen MR) is 70.3 cm³/mol. The Balaban J connectivity index is 1.78. The molecular weight excluding hydrogens is 230 g/mol. The molecule has 2 bridgehead atoms. The molecule has 0 radical (unpaired) electrons. The first-order valence-electron chi connectivity index (χ1n) is 6.53. The normalized spacial score (nSPS) is 29.6. The highest BCUT2D eigenvalue weighted by atomic mass is 32.1. The van der Waals surface area contributed by atoms with Crippen LogP contribution in [-0.4, -0.2) is 22.8 Å². The first-order chi connectivity index (χ1) is 8.24. The molecule has 0 saturated carbocycles. The number of Topliss-reactive ketones (excluding diaryl/α,β-unsaturated/α-hetero) is 1. The lowest BCUT2D eigenvalue weighted by Crippen LogP contribution is -2.51. The smallest absolute Gasteiger partial charge is 0.136 e. The molecule has 2 nitrogen and oxygen atoms in total. The summed E-state index contributed by atoms with van der Waals surface area (Å²) in [5.41, 5.74) is 2.87. The first kappa shape index (κ1) is 11.4. The highest BCUT2D eigenvalue weighted by Gasteiger charge is 2.37. The van der Waals surface area contributed by atoms with Crippen molar-refractivity contribution in [3.8, 4) is 0 Å². The summed E-state index contributed by atoms with van der Waals surface area (Å²) in [7, 11) is 0. The average molecular weight is 249 g/mol. The van der Waals surface area contributed by atoms with E-state index < -0.39 is 0 Å². The van der Waals surface area contributed by atoms with Gasteiger partial charge in [-0.25, -0.2) is 0 Å². The maximum Gasteiger partial charge on any atom is 0.136 e. The number of rotatable bonds is 2.